The first-order valence-electron chi connectivity index (χ1n) is 5.97. The van der Waals surface area contributed by atoms with Gasteiger partial charge < -0.3 is 11.1 Å². The van der Waals surface area contributed by atoms with E-state index in [9.17, 15) is 4.79 Å². The molecule has 0 bridgehead atoms. The molecular weight excluding hydrogens is 188 g/mol. The van der Waals surface area contributed by atoms with Gasteiger partial charge in [0.15, 0.2) is 5.78 Å². The fourth-order valence-electron chi connectivity index (χ4n) is 1.45. The number of rotatable bonds is 8. The monoisotopic (exact) mass is 214 g/mol. The lowest BCUT2D eigenvalue weighted by Gasteiger charge is -2.13. The second kappa shape index (κ2) is 7.83. The third-order valence-electron chi connectivity index (χ3n) is 2.43. The minimum Gasteiger partial charge on any atom is -0.321 e. The lowest BCUT2D eigenvalue weighted by molar-refractivity contribution is -0.123. The molecular formula is C12H26N2O. The Morgan fingerprint density at radius 1 is 1.20 bits per heavy atom. The summed E-state index contributed by atoms with van der Waals surface area (Å²) in [6.45, 7) is 9.09. The Kier molecular flexibility index (Phi) is 7.61. The van der Waals surface area contributed by atoms with Crippen molar-refractivity contribution in [1.82, 2.24) is 5.32 Å². The van der Waals surface area contributed by atoms with Crippen molar-refractivity contribution < 1.29 is 4.79 Å². The Morgan fingerprint density at radius 2 is 1.80 bits per heavy atom. The fourth-order valence-corrected chi connectivity index (χ4v) is 1.45. The summed E-state index contributed by atoms with van der Waals surface area (Å²) in [6, 6.07) is 0.278. The van der Waals surface area contributed by atoms with E-state index in [0.717, 1.165) is 25.8 Å². The molecule has 0 radical (unpaired) electrons. The van der Waals surface area contributed by atoms with E-state index in [4.69, 9.17) is 5.73 Å². The van der Waals surface area contributed by atoms with Gasteiger partial charge in [0, 0.05) is 12.0 Å². The van der Waals surface area contributed by atoms with Crippen LogP contribution in [0.2, 0.25) is 0 Å². The van der Waals surface area contributed by atoms with E-state index in [1.165, 1.54) is 0 Å². The lowest BCUT2D eigenvalue weighted by Crippen LogP contribution is -2.33. The summed E-state index contributed by atoms with van der Waals surface area (Å²) in [5.74, 6) is 0.251. The van der Waals surface area contributed by atoms with Gasteiger partial charge in [0.25, 0.3) is 0 Å². The minimum atomic E-state index is -0.260. The van der Waals surface area contributed by atoms with Crippen molar-refractivity contribution in [2.75, 3.05) is 6.54 Å². The first kappa shape index (κ1) is 14.6. The van der Waals surface area contributed by atoms with E-state index >= 15 is 0 Å². The van der Waals surface area contributed by atoms with E-state index in [2.05, 4.69) is 19.2 Å². The predicted octanol–water partition coefficient (Wildman–Crippen LogP) is 1.71. The van der Waals surface area contributed by atoms with Crippen molar-refractivity contribution in [1.29, 1.82) is 0 Å². The number of Topliss-reactive ketones (excluding diaryl/α,β-unsaturated/α-hetero) is 1. The summed E-state index contributed by atoms with van der Waals surface area (Å²) in [5, 5.41) is 3.35. The van der Waals surface area contributed by atoms with E-state index in [0.29, 0.717) is 6.04 Å². The predicted molar refractivity (Wildman–Crippen MR) is 64.8 cm³/mol. The number of carbonyl (C=O) groups excluding carboxylic acids is 1. The van der Waals surface area contributed by atoms with Gasteiger partial charge in [-0.05, 0) is 19.4 Å². The van der Waals surface area contributed by atoms with Crippen LogP contribution in [0, 0.1) is 5.92 Å². The third-order valence-corrected chi connectivity index (χ3v) is 2.43. The summed E-state index contributed by atoms with van der Waals surface area (Å²) >= 11 is 0. The molecule has 0 amide bonds. The first-order chi connectivity index (χ1) is 6.95. The first-order valence-corrected chi connectivity index (χ1v) is 5.97. The van der Waals surface area contributed by atoms with Gasteiger partial charge in [0.05, 0.1) is 6.04 Å². The lowest BCUT2D eigenvalue weighted by atomic mass is 9.98. The van der Waals surface area contributed by atoms with Gasteiger partial charge in [-0.2, -0.15) is 0 Å². The SMILES string of the molecule is CC(C)NCCCC[C@@H](N)C(=O)C(C)C. The second-order valence-corrected chi connectivity index (χ2v) is 4.77. The maximum atomic E-state index is 11.5. The molecule has 0 aromatic heterocycles. The Hall–Kier alpha value is -0.410. The molecule has 0 rings (SSSR count). The van der Waals surface area contributed by atoms with Gasteiger partial charge in [0.2, 0.25) is 0 Å². The summed E-state index contributed by atoms with van der Waals surface area (Å²) in [5.41, 5.74) is 5.79. The molecule has 0 unspecified atom stereocenters. The summed E-state index contributed by atoms with van der Waals surface area (Å²) in [4.78, 5) is 11.5. The number of nitrogens with one attached hydrogen (secondary N) is 1. The zero-order chi connectivity index (χ0) is 11.8. The summed E-state index contributed by atoms with van der Waals surface area (Å²) in [6.07, 6.45) is 2.94. The molecule has 3 heteroatoms. The average molecular weight is 214 g/mol. The molecule has 0 saturated carbocycles. The highest BCUT2D eigenvalue weighted by Gasteiger charge is 2.15. The van der Waals surface area contributed by atoms with Crippen LogP contribution in [0.3, 0.4) is 0 Å². The van der Waals surface area contributed by atoms with Crippen LogP contribution in [-0.4, -0.2) is 24.4 Å². The highest BCUT2D eigenvalue weighted by molar-refractivity contribution is 5.85. The molecule has 0 spiro atoms. The van der Waals surface area contributed by atoms with Crippen LogP contribution >= 0.6 is 0 Å². The van der Waals surface area contributed by atoms with Gasteiger partial charge in [-0.15, -0.1) is 0 Å². The minimum absolute atomic E-state index is 0.0637. The van der Waals surface area contributed by atoms with Gasteiger partial charge in [-0.3, -0.25) is 4.79 Å². The second-order valence-electron chi connectivity index (χ2n) is 4.77. The maximum absolute atomic E-state index is 11.5. The molecule has 0 aliphatic carbocycles. The molecule has 0 saturated heterocycles. The Morgan fingerprint density at radius 3 is 2.27 bits per heavy atom. The third kappa shape index (κ3) is 7.51. The molecule has 0 heterocycles. The van der Waals surface area contributed by atoms with Gasteiger partial charge in [-0.1, -0.05) is 34.1 Å². The van der Waals surface area contributed by atoms with Crippen LogP contribution in [0.25, 0.3) is 0 Å². The molecule has 3 N–H and O–H groups in total. The van der Waals surface area contributed by atoms with Crippen molar-refractivity contribution in [3.05, 3.63) is 0 Å². The Labute approximate surface area is 93.8 Å². The summed E-state index contributed by atoms with van der Waals surface area (Å²) < 4.78 is 0. The molecule has 0 fully saturated rings. The summed E-state index contributed by atoms with van der Waals surface area (Å²) in [7, 11) is 0. The quantitative estimate of drug-likeness (QED) is 0.605. The molecule has 15 heavy (non-hydrogen) atoms. The van der Waals surface area contributed by atoms with Crippen LogP contribution in [0.4, 0.5) is 0 Å². The molecule has 3 nitrogen and oxygen atoms in total. The Bertz CT molecular complexity index is 178. The van der Waals surface area contributed by atoms with Crippen molar-refractivity contribution in [2.45, 2.75) is 59.0 Å². The van der Waals surface area contributed by atoms with E-state index in [1.54, 1.807) is 0 Å². The largest absolute Gasteiger partial charge is 0.321 e. The topological polar surface area (TPSA) is 55.1 Å². The molecule has 0 aliphatic rings. The van der Waals surface area contributed by atoms with Gasteiger partial charge in [-0.25, -0.2) is 0 Å². The molecule has 90 valence electrons. The van der Waals surface area contributed by atoms with Crippen LogP contribution in [0.5, 0.6) is 0 Å². The highest BCUT2D eigenvalue weighted by Crippen LogP contribution is 2.05. The number of nitrogens with two attached hydrogens (primary N) is 1. The number of ketones is 1. The maximum Gasteiger partial charge on any atom is 0.152 e. The van der Waals surface area contributed by atoms with Gasteiger partial charge in [0.1, 0.15) is 0 Å². The van der Waals surface area contributed by atoms with Crippen molar-refractivity contribution in [3.63, 3.8) is 0 Å². The molecule has 0 aliphatic heterocycles. The van der Waals surface area contributed by atoms with E-state index in [1.807, 2.05) is 13.8 Å². The normalized spacial score (nSPS) is 13.5. The smallest absolute Gasteiger partial charge is 0.152 e. The Balaban J connectivity index is 3.47. The zero-order valence-electron chi connectivity index (χ0n) is 10.5. The van der Waals surface area contributed by atoms with Crippen molar-refractivity contribution in [3.8, 4) is 0 Å². The highest BCUT2D eigenvalue weighted by atomic mass is 16.1. The number of hydrogen-bond donors (Lipinski definition) is 2. The van der Waals surface area contributed by atoms with Crippen molar-refractivity contribution in [2.24, 2.45) is 11.7 Å². The van der Waals surface area contributed by atoms with Crippen molar-refractivity contribution >= 4 is 5.78 Å². The molecule has 0 aromatic rings. The van der Waals surface area contributed by atoms with Crippen LogP contribution in [0.15, 0.2) is 0 Å². The number of unbranched alkanes of at least 4 members (excludes halogenated alkanes) is 1. The van der Waals surface area contributed by atoms with E-state index < -0.39 is 0 Å². The van der Waals surface area contributed by atoms with Crippen LogP contribution < -0.4 is 11.1 Å². The number of carbonyl (C=O) groups is 1. The fraction of sp³-hybridized carbons (Fsp3) is 0.917. The standard InChI is InChI=1S/C12H26N2O/c1-9(2)12(15)11(13)7-5-6-8-14-10(3)4/h9-11,14H,5-8,13H2,1-4H3/t11-/m1/s1. The zero-order valence-corrected chi connectivity index (χ0v) is 10.5. The average Bonchev–Trinajstić information content (AvgIpc) is 2.15. The van der Waals surface area contributed by atoms with E-state index in [-0.39, 0.29) is 17.7 Å². The molecule has 0 aromatic carbocycles. The van der Waals surface area contributed by atoms with Crippen LogP contribution in [-0.2, 0) is 4.79 Å². The van der Waals surface area contributed by atoms with Crippen LogP contribution in [0.1, 0.15) is 47.0 Å². The number of hydrogen-bond acceptors (Lipinski definition) is 3. The van der Waals surface area contributed by atoms with Gasteiger partial charge >= 0.3 is 0 Å². The molecule has 1 atom stereocenters.